The van der Waals surface area contributed by atoms with Gasteiger partial charge in [-0.2, -0.15) is 8.42 Å². The molecule has 0 spiro atoms. The zero-order valence-electron chi connectivity index (χ0n) is 10.8. The van der Waals surface area contributed by atoms with E-state index in [9.17, 15) is 13.2 Å². The first-order valence-electron chi connectivity index (χ1n) is 6.00. The van der Waals surface area contributed by atoms with Gasteiger partial charge < -0.3 is 4.74 Å². The van der Waals surface area contributed by atoms with Gasteiger partial charge >= 0.3 is 5.97 Å². The predicted octanol–water partition coefficient (Wildman–Crippen LogP) is 1.72. The van der Waals surface area contributed by atoms with Crippen molar-refractivity contribution < 1.29 is 22.1 Å². The summed E-state index contributed by atoms with van der Waals surface area (Å²) in [7, 11) is -3.63. The molecule has 0 aliphatic carbocycles. The summed E-state index contributed by atoms with van der Waals surface area (Å²) in [5.41, 5.74) is 0. The van der Waals surface area contributed by atoms with Gasteiger partial charge in [0.25, 0.3) is 10.1 Å². The Morgan fingerprint density at radius 3 is 2.29 bits per heavy atom. The lowest BCUT2D eigenvalue weighted by molar-refractivity contribution is -0.147. The Balaban J connectivity index is 4.52. The molecule has 0 N–H and O–H groups in total. The molecule has 102 valence electrons. The van der Waals surface area contributed by atoms with E-state index in [0.717, 1.165) is 12.8 Å². The minimum atomic E-state index is -3.63. The normalized spacial score (nSPS) is 13.4. The molecule has 6 heteroatoms. The first-order valence-corrected chi connectivity index (χ1v) is 7.58. The van der Waals surface area contributed by atoms with Crippen LogP contribution in [0.2, 0.25) is 0 Å². The molecule has 0 saturated carbocycles. The fourth-order valence-electron chi connectivity index (χ4n) is 1.45. The molecular weight excluding hydrogens is 244 g/mol. The molecule has 17 heavy (non-hydrogen) atoms. The maximum absolute atomic E-state index is 11.6. The summed E-state index contributed by atoms with van der Waals surface area (Å²) >= 11 is 0. The van der Waals surface area contributed by atoms with Crippen molar-refractivity contribution in [3.05, 3.63) is 0 Å². The molecule has 0 radical (unpaired) electrons. The van der Waals surface area contributed by atoms with Crippen molar-refractivity contribution in [2.45, 2.75) is 40.0 Å². The quantitative estimate of drug-likeness (QED) is 0.469. The van der Waals surface area contributed by atoms with Crippen molar-refractivity contribution in [2.24, 2.45) is 5.92 Å². The summed E-state index contributed by atoms with van der Waals surface area (Å²) in [5, 5.41) is 0. The molecule has 5 nitrogen and oxygen atoms in total. The number of hydrogen-bond donors (Lipinski definition) is 0. The van der Waals surface area contributed by atoms with Gasteiger partial charge in [0, 0.05) is 0 Å². The Hall–Kier alpha value is -0.620. The van der Waals surface area contributed by atoms with Gasteiger partial charge in [-0.25, -0.2) is 0 Å². The highest BCUT2D eigenvalue weighted by Crippen LogP contribution is 2.14. The van der Waals surface area contributed by atoms with E-state index in [-0.39, 0.29) is 19.0 Å². The largest absolute Gasteiger partial charge is 0.466 e. The molecule has 0 rings (SSSR count). The summed E-state index contributed by atoms with van der Waals surface area (Å²) in [6.45, 7) is 5.63. The van der Waals surface area contributed by atoms with Crippen LogP contribution in [0.15, 0.2) is 0 Å². The molecule has 0 fully saturated rings. The third-order valence-electron chi connectivity index (χ3n) is 2.23. The van der Waals surface area contributed by atoms with Gasteiger partial charge in [-0.1, -0.05) is 19.8 Å². The van der Waals surface area contributed by atoms with E-state index in [1.807, 2.05) is 6.92 Å². The van der Waals surface area contributed by atoms with Crippen LogP contribution < -0.4 is 0 Å². The van der Waals surface area contributed by atoms with E-state index >= 15 is 0 Å². The van der Waals surface area contributed by atoms with Crippen molar-refractivity contribution in [2.75, 3.05) is 19.0 Å². The smallest absolute Gasteiger partial charge is 0.310 e. The monoisotopic (exact) mass is 266 g/mol. The van der Waals surface area contributed by atoms with Gasteiger partial charge in [0.2, 0.25) is 0 Å². The van der Waals surface area contributed by atoms with E-state index in [2.05, 4.69) is 4.18 Å². The van der Waals surface area contributed by atoms with E-state index in [1.165, 1.54) is 0 Å². The number of ether oxygens (including phenoxy) is 1. The Morgan fingerprint density at radius 1 is 1.18 bits per heavy atom. The van der Waals surface area contributed by atoms with E-state index < -0.39 is 22.0 Å². The highest BCUT2D eigenvalue weighted by atomic mass is 32.2. The maximum atomic E-state index is 11.6. The second kappa shape index (κ2) is 8.47. The van der Waals surface area contributed by atoms with Crippen LogP contribution in [-0.2, 0) is 23.8 Å². The average Bonchev–Trinajstić information content (AvgIpc) is 2.24. The fourth-order valence-corrected chi connectivity index (χ4v) is 2.70. The number of unbranched alkanes of at least 4 members (excludes halogenated alkanes) is 1. The topological polar surface area (TPSA) is 69.7 Å². The van der Waals surface area contributed by atoms with E-state index in [1.54, 1.807) is 13.8 Å². The first-order chi connectivity index (χ1) is 7.96. The molecule has 0 saturated heterocycles. The van der Waals surface area contributed by atoms with Gasteiger partial charge in [-0.3, -0.25) is 8.98 Å². The minimum absolute atomic E-state index is 0.0889. The van der Waals surface area contributed by atoms with Crippen molar-refractivity contribution in [3.8, 4) is 0 Å². The SMILES string of the molecule is CCCCC(CS(=O)(=O)OCC)C(=O)OCC. The molecule has 0 aromatic rings. The molecule has 1 unspecified atom stereocenters. The van der Waals surface area contributed by atoms with Crippen LogP contribution in [0.4, 0.5) is 0 Å². The number of carbonyl (C=O) groups is 1. The summed E-state index contributed by atoms with van der Waals surface area (Å²) in [6.07, 6.45) is 2.22. The van der Waals surface area contributed by atoms with Crippen LogP contribution in [0.25, 0.3) is 0 Å². The summed E-state index contributed by atoms with van der Waals surface area (Å²) < 4.78 is 32.5. The Labute approximate surface area is 104 Å². The van der Waals surface area contributed by atoms with Gasteiger partial charge in [0.05, 0.1) is 24.9 Å². The first kappa shape index (κ1) is 16.4. The second-order valence-electron chi connectivity index (χ2n) is 3.72. The van der Waals surface area contributed by atoms with Crippen LogP contribution in [0, 0.1) is 5.92 Å². The van der Waals surface area contributed by atoms with Crippen LogP contribution in [0.1, 0.15) is 40.0 Å². The number of carbonyl (C=O) groups excluding carboxylic acids is 1. The van der Waals surface area contributed by atoms with Gasteiger partial charge in [0.1, 0.15) is 0 Å². The van der Waals surface area contributed by atoms with Gasteiger partial charge in [-0.15, -0.1) is 0 Å². The molecule has 0 aliphatic rings. The van der Waals surface area contributed by atoms with Crippen molar-refractivity contribution >= 4 is 16.1 Å². The Bertz CT molecular complexity index is 310. The molecule has 0 heterocycles. The maximum Gasteiger partial charge on any atom is 0.310 e. The standard InChI is InChI=1S/C11H22O5S/c1-4-7-8-10(11(12)15-5-2)9-17(13,14)16-6-3/h10H,4-9H2,1-3H3. The molecule has 0 amide bonds. The third kappa shape index (κ3) is 7.33. The lowest BCUT2D eigenvalue weighted by Gasteiger charge is -2.14. The van der Waals surface area contributed by atoms with Crippen LogP contribution >= 0.6 is 0 Å². The van der Waals surface area contributed by atoms with Gasteiger partial charge in [-0.05, 0) is 20.3 Å². The molecule has 1 atom stereocenters. The Morgan fingerprint density at radius 2 is 1.82 bits per heavy atom. The summed E-state index contributed by atoms with van der Waals surface area (Å²) in [6, 6.07) is 0. The second-order valence-corrected chi connectivity index (χ2v) is 5.41. The van der Waals surface area contributed by atoms with Crippen LogP contribution in [0.3, 0.4) is 0 Å². The lowest BCUT2D eigenvalue weighted by atomic mass is 10.0. The molecule has 0 aromatic carbocycles. The van der Waals surface area contributed by atoms with E-state index in [0.29, 0.717) is 6.42 Å². The number of hydrogen-bond acceptors (Lipinski definition) is 5. The fraction of sp³-hybridized carbons (Fsp3) is 0.909. The number of esters is 1. The van der Waals surface area contributed by atoms with Gasteiger partial charge in [0.15, 0.2) is 0 Å². The van der Waals surface area contributed by atoms with Crippen LogP contribution in [-0.4, -0.2) is 33.4 Å². The molecule has 0 aliphatic heterocycles. The van der Waals surface area contributed by atoms with Crippen molar-refractivity contribution in [1.82, 2.24) is 0 Å². The highest BCUT2D eigenvalue weighted by Gasteiger charge is 2.26. The van der Waals surface area contributed by atoms with Crippen LogP contribution in [0.5, 0.6) is 0 Å². The lowest BCUT2D eigenvalue weighted by Crippen LogP contribution is -2.27. The zero-order valence-corrected chi connectivity index (χ0v) is 11.6. The van der Waals surface area contributed by atoms with E-state index in [4.69, 9.17) is 4.74 Å². The average molecular weight is 266 g/mol. The molecule has 0 aromatic heterocycles. The number of rotatable bonds is 9. The third-order valence-corrected chi connectivity index (χ3v) is 3.63. The molecule has 0 bridgehead atoms. The Kier molecular flexibility index (Phi) is 8.16. The highest BCUT2D eigenvalue weighted by molar-refractivity contribution is 7.86. The van der Waals surface area contributed by atoms with Crippen molar-refractivity contribution in [3.63, 3.8) is 0 Å². The summed E-state index contributed by atoms with van der Waals surface area (Å²) in [4.78, 5) is 11.6. The zero-order chi connectivity index (χ0) is 13.3. The minimum Gasteiger partial charge on any atom is -0.466 e. The summed E-state index contributed by atoms with van der Waals surface area (Å²) in [5.74, 6) is -1.37. The molecular formula is C11H22O5S. The predicted molar refractivity (Wildman–Crippen MR) is 65.1 cm³/mol. The van der Waals surface area contributed by atoms with Crippen molar-refractivity contribution in [1.29, 1.82) is 0 Å².